The molecule has 2 unspecified atom stereocenters. The van der Waals surface area contributed by atoms with Crippen molar-refractivity contribution in [2.24, 2.45) is 5.92 Å². The zero-order valence-corrected chi connectivity index (χ0v) is 24.1. The predicted molar refractivity (Wildman–Crippen MR) is 186 cm³/mol. The third kappa shape index (κ3) is 3.20. The van der Waals surface area contributed by atoms with Crippen LogP contribution in [0.1, 0.15) is 17.0 Å². The van der Waals surface area contributed by atoms with Crippen LogP contribution in [-0.2, 0) is 0 Å². The molecule has 206 valence electrons. The lowest BCUT2D eigenvalue weighted by Gasteiger charge is -2.28. The van der Waals surface area contributed by atoms with Gasteiger partial charge in [-0.15, -0.1) is 0 Å². The molecule has 2 aliphatic carbocycles. The first kappa shape index (κ1) is 23.9. The number of hydrogen-bond acceptors (Lipinski definition) is 0. The molecule has 0 saturated carbocycles. The molecule has 2 atom stereocenters. The van der Waals surface area contributed by atoms with Gasteiger partial charge in [-0.25, -0.2) is 0 Å². The molecule has 2 nitrogen and oxygen atoms in total. The summed E-state index contributed by atoms with van der Waals surface area (Å²) in [5.74, 6) is 0.833. The molecule has 0 radical (unpaired) electrons. The molecular weight excluding hydrogens is 532 g/mol. The van der Waals surface area contributed by atoms with Crippen LogP contribution in [0.5, 0.6) is 0 Å². The first-order valence-corrected chi connectivity index (χ1v) is 15.5. The average molecular weight is 561 g/mol. The molecule has 10 rings (SSSR count). The van der Waals surface area contributed by atoms with E-state index < -0.39 is 0 Å². The molecule has 6 aromatic carbocycles. The number of fused-ring (bicyclic) bond motifs is 12. The van der Waals surface area contributed by atoms with Gasteiger partial charge in [0, 0.05) is 50.1 Å². The number of nitrogens with zero attached hydrogens (tertiary/aromatic N) is 2. The van der Waals surface area contributed by atoms with Crippen molar-refractivity contribution in [2.45, 2.75) is 5.92 Å². The fourth-order valence-electron chi connectivity index (χ4n) is 7.93. The van der Waals surface area contributed by atoms with Crippen LogP contribution < -0.4 is 0 Å². The number of aromatic nitrogens is 2. The van der Waals surface area contributed by atoms with Crippen molar-refractivity contribution >= 4 is 60.5 Å². The van der Waals surface area contributed by atoms with Gasteiger partial charge in [-0.1, -0.05) is 115 Å². The Balaban J connectivity index is 1.29. The Morgan fingerprint density at radius 2 is 1.09 bits per heavy atom. The Morgan fingerprint density at radius 1 is 0.432 bits per heavy atom. The van der Waals surface area contributed by atoms with Gasteiger partial charge in [0.25, 0.3) is 0 Å². The van der Waals surface area contributed by atoms with Crippen molar-refractivity contribution < 1.29 is 0 Å². The van der Waals surface area contributed by atoms with Gasteiger partial charge in [-0.3, -0.25) is 0 Å². The fraction of sp³-hybridized carbons (Fsp3) is 0.0476. The molecule has 2 aromatic heterocycles. The van der Waals surface area contributed by atoms with Crippen LogP contribution in [0.3, 0.4) is 0 Å². The summed E-state index contributed by atoms with van der Waals surface area (Å²) in [5, 5.41) is 7.71. The summed E-state index contributed by atoms with van der Waals surface area (Å²) in [6, 6.07) is 44.7. The van der Waals surface area contributed by atoms with Gasteiger partial charge >= 0.3 is 0 Å². The van der Waals surface area contributed by atoms with E-state index in [4.69, 9.17) is 0 Å². The molecule has 2 heterocycles. The minimum absolute atomic E-state index is 0.398. The Hall–Kier alpha value is -5.60. The molecule has 0 spiro atoms. The maximum atomic E-state index is 2.49. The van der Waals surface area contributed by atoms with Crippen LogP contribution in [0, 0.1) is 5.92 Å². The highest BCUT2D eigenvalue weighted by atomic mass is 15.0. The van der Waals surface area contributed by atoms with Gasteiger partial charge in [0.1, 0.15) is 0 Å². The summed E-state index contributed by atoms with van der Waals surface area (Å²) in [5.41, 5.74) is 10.1. The van der Waals surface area contributed by atoms with Crippen LogP contribution in [0.4, 0.5) is 0 Å². The normalized spacial score (nSPS) is 17.3. The number of allylic oxidation sites excluding steroid dienone is 5. The molecule has 2 aliphatic rings. The summed E-state index contributed by atoms with van der Waals surface area (Å²) >= 11 is 0. The van der Waals surface area contributed by atoms with Gasteiger partial charge in [-0.2, -0.15) is 0 Å². The Labute approximate surface area is 255 Å². The van der Waals surface area contributed by atoms with Gasteiger partial charge in [0.05, 0.1) is 22.1 Å². The molecule has 0 amide bonds. The number of rotatable bonds is 2. The Kier molecular flexibility index (Phi) is 4.86. The monoisotopic (exact) mass is 560 g/mol. The predicted octanol–water partition coefficient (Wildman–Crippen LogP) is 10.9. The SMILES string of the molecule is C1=CC2C=Cc3c(ccc4c3ccc3c5ccccc5n(-c5ccc6c(c5)c5ccccc5n6-c5ccccc5)c43)C2C=C1. The smallest absolute Gasteiger partial charge is 0.0619 e. The molecule has 0 fully saturated rings. The Morgan fingerprint density at radius 3 is 1.95 bits per heavy atom. The molecule has 2 heteroatoms. The van der Waals surface area contributed by atoms with E-state index in [1.165, 1.54) is 76.9 Å². The zero-order valence-electron chi connectivity index (χ0n) is 24.1. The summed E-state index contributed by atoms with van der Waals surface area (Å²) < 4.78 is 4.88. The van der Waals surface area contributed by atoms with Gasteiger partial charge in [0.15, 0.2) is 0 Å². The highest BCUT2D eigenvalue weighted by Gasteiger charge is 2.26. The van der Waals surface area contributed by atoms with E-state index in [0.717, 1.165) is 0 Å². The highest BCUT2D eigenvalue weighted by Crippen LogP contribution is 2.44. The lowest BCUT2D eigenvalue weighted by atomic mass is 9.76. The second kappa shape index (κ2) is 8.95. The van der Waals surface area contributed by atoms with Crippen molar-refractivity contribution in [3.8, 4) is 11.4 Å². The minimum Gasteiger partial charge on any atom is -0.309 e. The first-order chi connectivity index (χ1) is 21.8. The summed E-state index contributed by atoms with van der Waals surface area (Å²) in [6.07, 6.45) is 13.8. The van der Waals surface area contributed by atoms with Crippen LogP contribution in [0.15, 0.2) is 152 Å². The molecular formula is C42H28N2. The van der Waals surface area contributed by atoms with Crippen molar-refractivity contribution in [1.29, 1.82) is 0 Å². The topological polar surface area (TPSA) is 9.86 Å². The summed E-state index contributed by atoms with van der Waals surface area (Å²) in [7, 11) is 0. The zero-order chi connectivity index (χ0) is 28.8. The lowest BCUT2D eigenvalue weighted by Crippen LogP contribution is -2.13. The van der Waals surface area contributed by atoms with Crippen molar-refractivity contribution in [3.63, 3.8) is 0 Å². The number of hydrogen-bond donors (Lipinski definition) is 0. The van der Waals surface area contributed by atoms with E-state index in [1.807, 2.05) is 0 Å². The summed E-state index contributed by atoms with van der Waals surface area (Å²) in [6.45, 7) is 0. The molecule has 0 N–H and O–H groups in total. The largest absolute Gasteiger partial charge is 0.309 e. The maximum Gasteiger partial charge on any atom is 0.0619 e. The van der Waals surface area contributed by atoms with Gasteiger partial charge < -0.3 is 9.13 Å². The fourth-order valence-corrected chi connectivity index (χ4v) is 7.93. The molecule has 0 bridgehead atoms. The van der Waals surface area contributed by atoms with E-state index in [-0.39, 0.29) is 0 Å². The standard InChI is InChI=1S/C42H28N2/c1-2-11-28(12-3-1)43-39-16-8-7-15-35(39)38-26-29(19-25-41(38)43)44-40-17-9-6-14-34(40)37-24-22-33-32-20-18-27-10-4-5-13-30(27)31(32)21-23-36(33)42(37)44/h1-27,30H. The highest BCUT2D eigenvalue weighted by molar-refractivity contribution is 6.20. The van der Waals surface area contributed by atoms with Crippen LogP contribution in [-0.4, -0.2) is 9.13 Å². The number of benzene rings is 6. The van der Waals surface area contributed by atoms with Crippen molar-refractivity contribution in [1.82, 2.24) is 9.13 Å². The lowest BCUT2D eigenvalue weighted by molar-refractivity contribution is 0.693. The van der Waals surface area contributed by atoms with E-state index in [2.05, 4.69) is 167 Å². The van der Waals surface area contributed by atoms with E-state index in [0.29, 0.717) is 11.8 Å². The van der Waals surface area contributed by atoms with Crippen LogP contribution in [0.25, 0.3) is 71.8 Å². The maximum absolute atomic E-state index is 2.49. The third-order valence-electron chi connectivity index (χ3n) is 9.86. The molecule has 0 aliphatic heterocycles. The second-order valence-corrected chi connectivity index (χ2v) is 12.1. The first-order valence-electron chi connectivity index (χ1n) is 15.5. The minimum atomic E-state index is 0.398. The van der Waals surface area contributed by atoms with Crippen LogP contribution >= 0.6 is 0 Å². The van der Waals surface area contributed by atoms with E-state index >= 15 is 0 Å². The molecule has 0 saturated heterocycles. The van der Waals surface area contributed by atoms with Gasteiger partial charge in [-0.05, 0) is 59.0 Å². The average Bonchev–Trinajstić information content (AvgIpc) is 3.61. The Bertz CT molecular complexity index is 2550. The molecule has 8 aromatic rings. The summed E-state index contributed by atoms with van der Waals surface area (Å²) in [4.78, 5) is 0. The van der Waals surface area contributed by atoms with E-state index in [9.17, 15) is 0 Å². The van der Waals surface area contributed by atoms with Crippen molar-refractivity contribution in [3.05, 3.63) is 163 Å². The van der Waals surface area contributed by atoms with E-state index in [1.54, 1.807) is 0 Å². The van der Waals surface area contributed by atoms with Gasteiger partial charge in [0.2, 0.25) is 0 Å². The second-order valence-electron chi connectivity index (χ2n) is 12.1. The quantitative estimate of drug-likeness (QED) is 0.199. The molecule has 44 heavy (non-hydrogen) atoms. The number of para-hydroxylation sites is 3. The van der Waals surface area contributed by atoms with Crippen LogP contribution in [0.2, 0.25) is 0 Å². The third-order valence-corrected chi connectivity index (χ3v) is 9.86. The van der Waals surface area contributed by atoms with Crippen molar-refractivity contribution in [2.75, 3.05) is 0 Å².